The highest BCUT2D eigenvalue weighted by atomic mass is 32.2. The molecule has 1 unspecified atom stereocenters. The summed E-state index contributed by atoms with van der Waals surface area (Å²) >= 11 is 0. The SMILES string of the molecule is COc1ccc(CS(=O)(=O)CC(C)CN)c(F)c1. The molecule has 6 heteroatoms. The summed E-state index contributed by atoms with van der Waals surface area (Å²) in [6.07, 6.45) is 0. The maximum absolute atomic E-state index is 13.6. The molecule has 2 N–H and O–H groups in total. The largest absolute Gasteiger partial charge is 0.497 e. The molecule has 0 fully saturated rings. The van der Waals surface area contributed by atoms with Crippen LogP contribution < -0.4 is 10.5 Å². The Bertz CT molecular complexity index is 502. The van der Waals surface area contributed by atoms with E-state index in [0.717, 1.165) is 0 Å². The lowest BCUT2D eigenvalue weighted by molar-refractivity contribution is 0.411. The van der Waals surface area contributed by atoms with Crippen LogP contribution in [0.5, 0.6) is 5.75 Å². The Balaban J connectivity index is 2.84. The van der Waals surface area contributed by atoms with Crippen LogP contribution in [0.25, 0.3) is 0 Å². The molecule has 0 aliphatic carbocycles. The first-order valence-electron chi connectivity index (χ1n) is 5.61. The maximum atomic E-state index is 13.6. The number of ether oxygens (including phenoxy) is 1. The summed E-state index contributed by atoms with van der Waals surface area (Å²) in [5.41, 5.74) is 5.54. The average molecular weight is 275 g/mol. The van der Waals surface area contributed by atoms with E-state index >= 15 is 0 Å². The minimum atomic E-state index is -3.35. The Labute approximate surface area is 107 Å². The van der Waals surface area contributed by atoms with Crippen molar-refractivity contribution in [3.05, 3.63) is 29.6 Å². The minimum Gasteiger partial charge on any atom is -0.497 e. The van der Waals surface area contributed by atoms with Gasteiger partial charge in [-0.2, -0.15) is 0 Å². The summed E-state index contributed by atoms with van der Waals surface area (Å²) in [7, 11) is -1.92. The molecule has 1 rings (SSSR count). The molecule has 0 radical (unpaired) electrons. The van der Waals surface area contributed by atoms with E-state index in [1.54, 1.807) is 13.0 Å². The minimum absolute atomic E-state index is 0.0328. The standard InChI is InChI=1S/C12H18FNO3S/c1-9(6-14)7-18(15,16)8-10-3-4-11(17-2)5-12(10)13/h3-5,9H,6-8,14H2,1-2H3. The third-order valence-electron chi connectivity index (χ3n) is 2.58. The Morgan fingerprint density at radius 3 is 2.61 bits per heavy atom. The van der Waals surface area contributed by atoms with Crippen LogP contribution in [0.3, 0.4) is 0 Å². The van der Waals surface area contributed by atoms with Gasteiger partial charge in [0.15, 0.2) is 9.84 Å². The highest BCUT2D eigenvalue weighted by Crippen LogP contribution is 2.19. The second-order valence-electron chi connectivity index (χ2n) is 4.35. The summed E-state index contributed by atoms with van der Waals surface area (Å²) in [6, 6.07) is 4.15. The van der Waals surface area contributed by atoms with E-state index in [1.807, 2.05) is 0 Å². The van der Waals surface area contributed by atoms with E-state index in [4.69, 9.17) is 10.5 Å². The lowest BCUT2D eigenvalue weighted by atomic mass is 10.2. The molecule has 0 saturated carbocycles. The fraction of sp³-hybridized carbons (Fsp3) is 0.500. The highest BCUT2D eigenvalue weighted by Gasteiger charge is 2.18. The van der Waals surface area contributed by atoms with Crippen LogP contribution >= 0.6 is 0 Å². The molecule has 102 valence electrons. The molecule has 0 aliphatic heterocycles. The topological polar surface area (TPSA) is 69.4 Å². The number of methoxy groups -OCH3 is 1. The van der Waals surface area contributed by atoms with Crippen LogP contribution in [0.15, 0.2) is 18.2 Å². The van der Waals surface area contributed by atoms with Crippen molar-refractivity contribution in [2.24, 2.45) is 11.7 Å². The van der Waals surface area contributed by atoms with Crippen molar-refractivity contribution in [2.75, 3.05) is 19.4 Å². The molecular weight excluding hydrogens is 257 g/mol. The Morgan fingerprint density at radius 2 is 2.11 bits per heavy atom. The molecule has 0 spiro atoms. The number of benzene rings is 1. The van der Waals surface area contributed by atoms with Crippen LogP contribution in [0, 0.1) is 11.7 Å². The number of hydrogen-bond donors (Lipinski definition) is 1. The highest BCUT2D eigenvalue weighted by molar-refractivity contribution is 7.90. The zero-order valence-electron chi connectivity index (χ0n) is 10.5. The van der Waals surface area contributed by atoms with Crippen molar-refractivity contribution < 1.29 is 17.5 Å². The second kappa shape index (κ2) is 6.15. The predicted octanol–water partition coefficient (Wildman–Crippen LogP) is 1.34. The summed E-state index contributed by atoms with van der Waals surface area (Å²) < 4.78 is 42.1. The molecule has 1 atom stereocenters. The van der Waals surface area contributed by atoms with Crippen molar-refractivity contribution >= 4 is 9.84 Å². The number of nitrogens with two attached hydrogens (primary N) is 1. The molecular formula is C12H18FNO3S. The van der Waals surface area contributed by atoms with Gasteiger partial charge in [-0.15, -0.1) is 0 Å². The summed E-state index contributed by atoms with van der Waals surface area (Å²) in [5, 5.41) is 0. The molecule has 18 heavy (non-hydrogen) atoms. The van der Waals surface area contributed by atoms with Gasteiger partial charge in [0.1, 0.15) is 11.6 Å². The number of halogens is 1. The van der Waals surface area contributed by atoms with Crippen LogP contribution in [0.4, 0.5) is 4.39 Å². The zero-order valence-corrected chi connectivity index (χ0v) is 11.3. The molecule has 0 amide bonds. The summed E-state index contributed by atoms with van der Waals surface area (Å²) in [5.74, 6) is -0.680. The lowest BCUT2D eigenvalue weighted by Crippen LogP contribution is -2.22. The van der Waals surface area contributed by atoms with Gasteiger partial charge in [-0.1, -0.05) is 13.0 Å². The third kappa shape index (κ3) is 4.27. The fourth-order valence-electron chi connectivity index (χ4n) is 1.57. The van der Waals surface area contributed by atoms with Gasteiger partial charge in [0.2, 0.25) is 0 Å². The monoisotopic (exact) mass is 275 g/mol. The molecule has 0 heterocycles. The molecule has 1 aromatic carbocycles. The van der Waals surface area contributed by atoms with Crippen molar-refractivity contribution in [3.63, 3.8) is 0 Å². The van der Waals surface area contributed by atoms with Gasteiger partial charge < -0.3 is 10.5 Å². The Kier molecular flexibility index (Phi) is 5.10. The molecule has 1 aromatic rings. The van der Waals surface area contributed by atoms with Crippen molar-refractivity contribution in [1.82, 2.24) is 0 Å². The van der Waals surface area contributed by atoms with Crippen LogP contribution in [0.1, 0.15) is 12.5 Å². The zero-order chi connectivity index (χ0) is 13.8. The molecule has 0 bridgehead atoms. The smallest absolute Gasteiger partial charge is 0.154 e. The fourth-order valence-corrected chi connectivity index (χ4v) is 3.40. The Morgan fingerprint density at radius 1 is 1.44 bits per heavy atom. The van der Waals surface area contributed by atoms with Gasteiger partial charge >= 0.3 is 0 Å². The number of hydrogen-bond acceptors (Lipinski definition) is 4. The van der Waals surface area contributed by atoms with Gasteiger partial charge in [0, 0.05) is 11.6 Å². The summed E-state index contributed by atoms with van der Waals surface area (Å²) in [4.78, 5) is 0. The first kappa shape index (κ1) is 14.9. The predicted molar refractivity (Wildman–Crippen MR) is 68.7 cm³/mol. The van der Waals surface area contributed by atoms with Crippen LogP contribution in [-0.4, -0.2) is 27.8 Å². The van der Waals surface area contributed by atoms with Crippen molar-refractivity contribution in [1.29, 1.82) is 0 Å². The molecule has 0 aromatic heterocycles. The van der Waals surface area contributed by atoms with Crippen LogP contribution in [-0.2, 0) is 15.6 Å². The van der Waals surface area contributed by atoms with Crippen molar-refractivity contribution in [3.8, 4) is 5.75 Å². The molecule has 0 saturated heterocycles. The second-order valence-corrected chi connectivity index (χ2v) is 6.46. The van der Waals surface area contributed by atoms with E-state index in [1.165, 1.54) is 19.2 Å². The van der Waals surface area contributed by atoms with E-state index < -0.39 is 15.7 Å². The normalized spacial score (nSPS) is 13.3. The maximum Gasteiger partial charge on any atom is 0.154 e. The summed E-state index contributed by atoms with van der Waals surface area (Å²) in [6.45, 7) is 2.05. The van der Waals surface area contributed by atoms with E-state index in [-0.39, 0.29) is 23.0 Å². The number of rotatable bonds is 6. The quantitative estimate of drug-likeness (QED) is 0.850. The average Bonchev–Trinajstić information content (AvgIpc) is 2.30. The van der Waals surface area contributed by atoms with Gasteiger partial charge in [-0.25, -0.2) is 12.8 Å². The number of sulfone groups is 1. The van der Waals surface area contributed by atoms with Gasteiger partial charge in [0.25, 0.3) is 0 Å². The van der Waals surface area contributed by atoms with E-state index in [0.29, 0.717) is 12.3 Å². The van der Waals surface area contributed by atoms with Crippen molar-refractivity contribution in [2.45, 2.75) is 12.7 Å². The third-order valence-corrected chi connectivity index (χ3v) is 4.40. The Hall–Kier alpha value is -1.14. The van der Waals surface area contributed by atoms with E-state index in [9.17, 15) is 12.8 Å². The molecule has 4 nitrogen and oxygen atoms in total. The van der Waals surface area contributed by atoms with Crippen LogP contribution in [0.2, 0.25) is 0 Å². The first-order chi connectivity index (χ1) is 8.38. The van der Waals surface area contributed by atoms with Gasteiger partial charge in [0.05, 0.1) is 18.6 Å². The van der Waals surface area contributed by atoms with Gasteiger partial charge in [-0.05, 0) is 18.5 Å². The molecule has 0 aliphatic rings. The lowest BCUT2D eigenvalue weighted by Gasteiger charge is -2.10. The first-order valence-corrected chi connectivity index (χ1v) is 7.43. The van der Waals surface area contributed by atoms with Gasteiger partial charge in [-0.3, -0.25) is 0 Å². The van der Waals surface area contributed by atoms with E-state index in [2.05, 4.69) is 0 Å².